The Morgan fingerprint density at radius 3 is 2.50 bits per heavy atom. The van der Waals surface area contributed by atoms with Gasteiger partial charge < -0.3 is 9.80 Å². The summed E-state index contributed by atoms with van der Waals surface area (Å²) in [6.07, 6.45) is 0. The Kier molecular flexibility index (Phi) is 3.91. The van der Waals surface area contributed by atoms with Crippen LogP contribution in [0.4, 0.5) is 5.69 Å². The number of carbonyl (C=O) groups is 1. The molecule has 0 unspecified atom stereocenters. The van der Waals surface area contributed by atoms with Crippen LogP contribution in [0.3, 0.4) is 0 Å². The molecule has 3 saturated heterocycles. The minimum atomic E-state index is 0.0181. The summed E-state index contributed by atoms with van der Waals surface area (Å²) in [7, 11) is 0. The van der Waals surface area contributed by atoms with E-state index in [0.717, 1.165) is 43.8 Å². The monoisotopic (exact) mass is 314 g/mol. The average Bonchev–Trinajstić information content (AvgIpc) is 2.44. The van der Waals surface area contributed by atoms with Crippen molar-refractivity contribution in [2.45, 2.75) is 0 Å². The van der Waals surface area contributed by atoms with Crippen molar-refractivity contribution in [2.75, 3.05) is 51.1 Å². The van der Waals surface area contributed by atoms with Gasteiger partial charge in [0, 0.05) is 24.7 Å². The van der Waals surface area contributed by atoms with Crippen molar-refractivity contribution in [3.8, 4) is 0 Å². The molecule has 0 spiro atoms. The van der Waals surface area contributed by atoms with Gasteiger partial charge in [-0.3, -0.25) is 9.69 Å². The Hall–Kier alpha value is -0.810. The average molecular weight is 315 g/mol. The molecule has 1 aromatic carbocycles. The van der Waals surface area contributed by atoms with Crippen LogP contribution in [-0.2, 0) is 4.79 Å². The van der Waals surface area contributed by atoms with E-state index in [1.807, 2.05) is 0 Å². The first-order chi connectivity index (χ1) is 9.56. The third kappa shape index (κ3) is 2.93. The van der Waals surface area contributed by atoms with Crippen molar-refractivity contribution >= 4 is 34.8 Å². The Bertz CT molecular complexity index is 513. The summed E-state index contributed by atoms with van der Waals surface area (Å²) in [5.41, 5.74) is 0.595. The molecule has 0 aromatic heterocycles. The third-order valence-electron chi connectivity index (χ3n) is 4.35. The molecule has 1 amide bonds. The highest BCUT2D eigenvalue weighted by molar-refractivity contribution is 6.35. The number of piperazine rings is 3. The van der Waals surface area contributed by atoms with Crippen LogP contribution < -0.4 is 5.32 Å². The summed E-state index contributed by atoms with van der Waals surface area (Å²) in [6, 6.07) is 5.10. The molecular weight excluding hydrogens is 297 g/mol. The first-order valence-electron chi connectivity index (χ1n) is 6.89. The number of anilines is 1. The normalized spacial score (nSPS) is 28.4. The zero-order chi connectivity index (χ0) is 14.2. The van der Waals surface area contributed by atoms with Crippen molar-refractivity contribution in [3.63, 3.8) is 0 Å². The fourth-order valence-corrected chi connectivity index (χ4v) is 3.39. The van der Waals surface area contributed by atoms with Crippen LogP contribution in [0.1, 0.15) is 0 Å². The van der Waals surface area contributed by atoms with Gasteiger partial charge in [-0.25, -0.2) is 0 Å². The topological polar surface area (TPSA) is 32.3 Å². The van der Waals surface area contributed by atoms with Crippen molar-refractivity contribution in [3.05, 3.63) is 28.2 Å². The van der Waals surface area contributed by atoms with Crippen molar-refractivity contribution < 1.29 is 9.28 Å². The van der Waals surface area contributed by atoms with Gasteiger partial charge in [0.05, 0.1) is 30.3 Å². The van der Waals surface area contributed by atoms with Gasteiger partial charge in [0.1, 0.15) is 0 Å². The lowest BCUT2D eigenvalue weighted by molar-refractivity contribution is -0.933. The van der Waals surface area contributed by atoms with Crippen LogP contribution in [0.5, 0.6) is 0 Å². The summed E-state index contributed by atoms with van der Waals surface area (Å²) < 4.78 is 0.903. The zero-order valence-corrected chi connectivity index (χ0v) is 12.8. The van der Waals surface area contributed by atoms with Crippen LogP contribution in [0, 0.1) is 0 Å². The molecule has 0 radical (unpaired) electrons. The summed E-state index contributed by atoms with van der Waals surface area (Å²) in [6.45, 7) is 7.03. The summed E-state index contributed by atoms with van der Waals surface area (Å²) in [5, 5.41) is 3.98. The number of quaternary nitrogens is 1. The fourth-order valence-electron chi connectivity index (χ4n) is 3.06. The van der Waals surface area contributed by atoms with Gasteiger partial charge >= 0.3 is 0 Å². The molecule has 3 heterocycles. The van der Waals surface area contributed by atoms with Crippen LogP contribution in [0.15, 0.2) is 18.2 Å². The van der Waals surface area contributed by atoms with Gasteiger partial charge in [0.15, 0.2) is 6.54 Å². The summed E-state index contributed by atoms with van der Waals surface area (Å²) >= 11 is 12.0. The molecule has 3 fully saturated rings. The number of nitrogens with zero attached hydrogens (tertiary/aromatic N) is 2. The number of hydrogen-bond donors (Lipinski definition) is 1. The molecule has 0 aliphatic carbocycles. The lowest BCUT2D eigenvalue weighted by Gasteiger charge is -2.50. The van der Waals surface area contributed by atoms with Crippen LogP contribution in [0.2, 0.25) is 10.0 Å². The summed E-state index contributed by atoms with van der Waals surface area (Å²) in [4.78, 5) is 14.7. The Labute approximate surface area is 128 Å². The molecular formula is C14H18Cl2N3O+. The Morgan fingerprint density at radius 2 is 1.85 bits per heavy atom. The smallest absolute Gasteiger partial charge is 0.279 e. The first kappa shape index (κ1) is 14.1. The number of carbonyl (C=O) groups excluding carboxylic acids is 1. The van der Waals surface area contributed by atoms with Crippen LogP contribution in [-0.4, -0.2) is 61.1 Å². The molecule has 108 valence electrons. The van der Waals surface area contributed by atoms with E-state index in [-0.39, 0.29) is 5.91 Å². The van der Waals surface area contributed by atoms with Crippen LogP contribution >= 0.6 is 23.2 Å². The molecule has 4 nitrogen and oxygen atoms in total. The largest absolute Gasteiger partial charge is 0.320 e. The number of nitrogens with one attached hydrogen (secondary N) is 1. The SMILES string of the molecule is O=C(C[N+]12CCN(CC1)CC2)Nc1cc(Cl)ccc1Cl. The van der Waals surface area contributed by atoms with Crippen molar-refractivity contribution in [1.29, 1.82) is 0 Å². The standard InChI is InChI=1S/C14H17Cl2N3O/c15-11-1-2-12(16)13(9-11)17-14(20)10-19-6-3-18(4-7-19)5-8-19/h1-2,9H,3-8,10H2/p+1. The number of fused-ring (bicyclic) bond motifs is 3. The highest BCUT2D eigenvalue weighted by Crippen LogP contribution is 2.26. The number of benzene rings is 1. The van der Waals surface area contributed by atoms with E-state index in [4.69, 9.17) is 23.2 Å². The number of halogens is 2. The van der Waals surface area contributed by atoms with Gasteiger partial charge in [0.25, 0.3) is 5.91 Å². The minimum absolute atomic E-state index is 0.0181. The van der Waals surface area contributed by atoms with E-state index in [9.17, 15) is 4.79 Å². The number of hydrogen-bond acceptors (Lipinski definition) is 2. The van der Waals surface area contributed by atoms with Gasteiger partial charge in [-0.1, -0.05) is 23.2 Å². The predicted molar refractivity (Wildman–Crippen MR) is 81.3 cm³/mol. The lowest BCUT2D eigenvalue weighted by atomic mass is 10.1. The molecule has 6 heteroatoms. The highest BCUT2D eigenvalue weighted by atomic mass is 35.5. The Morgan fingerprint density at radius 1 is 1.20 bits per heavy atom. The maximum absolute atomic E-state index is 12.3. The van der Waals surface area contributed by atoms with E-state index in [2.05, 4.69) is 10.2 Å². The first-order valence-corrected chi connectivity index (χ1v) is 7.64. The molecule has 20 heavy (non-hydrogen) atoms. The van der Waals surface area contributed by atoms with Crippen LogP contribution in [0.25, 0.3) is 0 Å². The lowest BCUT2D eigenvalue weighted by Crippen LogP contribution is -2.68. The van der Waals surface area contributed by atoms with Gasteiger partial charge in [-0.2, -0.15) is 0 Å². The third-order valence-corrected chi connectivity index (χ3v) is 4.92. The van der Waals surface area contributed by atoms with E-state index in [1.165, 1.54) is 0 Å². The van der Waals surface area contributed by atoms with E-state index >= 15 is 0 Å². The highest BCUT2D eigenvalue weighted by Gasteiger charge is 2.39. The number of amides is 1. The minimum Gasteiger partial charge on any atom is -0.320 e. The summed E-state index contributed by atoms with van der Waals surface area (Å²) in [5.74, 6) is 0.0181. The second kappa shape index (κ2) is 5.53. The second-order valence-corrected chi connectivity index (χ2v) is 6.53. The molecule has 3 aliphatic rings. The quantitative estimate of drug-likeness (QED) is 0.866. The predicted octanol–water partition coefficient (Wildman–Crippen LogP) is 2.08. The number of rotatable bonds is 3. The molecule has 1 aromatic rings. The van der Waals surface area contributed by atoms with Gasteiger partial charge in [-0.05, 0) is 18.2 Å². The van der Waals surface area contributed by atoms with E-state index < -0.39 is 0 Å². The van der Waals surface area contributed by atoms with Gasteiger partial charge in [-0.15, -0.1) is 0 Å². The molecule has 0 saturated carbocycles. The molecule has 4 rings (SSSR count). The molecule has 3 aliphatic heterocycles. The zero-order valence-electron chi connectivity index (χ0n) is 11.2. The van der Waals surface area contributed by atoms with Gasteiger partial charge in [0.2, 0.25) is 0 Å². The fraction of sp³-hybridized carbons (Fsp3) is 0.500. The second-order valence-electron chi connectivity index (χ2n) is 5.68. The maximum Gasteiger partial charge on any atom is 0.279 e. The van der Waals surface area contributed by atoms with Crippen molar-refractivity contribution in [1.82, 2.24) is 4.90 Å². The Balaban J connectivity index is 1.66. The molecule has 0 atom stereocenters. The maximum atomic E-state index is 12.3. The molecule has 2 bridgehead atoms. The van der Waals surface area contributed by atoms with E-state index in [0.29, 0.717) is 22.3 Å². The van der Waals surface area contributed by atoms with E-state index in [1.54, 1.807) is 18.2 Å². The molecule has 1 N–H and O–H groups in total. The van der Waals surface area contributed by atoms with Crippen molar-refractivity contribution in [2.24, 2.45) is 0 Å².